The monoisotopic (exact) mass is 335 g/mol. The molecule has 1 atom stereocenters. The second-order valence-electron chi connectivity index (χ2n) is 7.93. The zero-order valence-corrected chi connectivity index (χ0v) is 15.3. The minimum atomic E-state index is 0.433. The van der Waals surface area contributed by atoms with Crippen molar-refractivity contribution in [1.29, 1.82) is 0 Å². The van der Waals surface area contributed by atoms with Gasteiger partial charge in [-0.3, -0.25) is 9.80 Å². The average Bonchev–Trinajstić information content (AvgIpc) is 3.23. The van der Waals surface area contributed by atoms with Crippen molar-refractivity contribution in [2.75, 3.05) is 39.9 Å². The largest absolute Gasteiger partial charge is 0.384 e. The fourth-order valence-corrected chi connectivity index (χ4v) is 5.35. The van der Waals surface area contributed by atoms with Gasteiger partial charge in [-0.2, -0.15) is 0 Å². The van der Waals surface area contributed by atoms with Crippen molar-refractivity contribution in [1.82, 2.24) is 14.8 Å². The highest BCUT2D eigenvalue weighted by atomic mass is 32.1. The number of thiazole rings is 1. The summed E-state index contributed by atoms with van der Waals surface area (Å²) in [5.74, 6) is 1.74. The van der Waals surface area contributed by atoms with Crippen LogP contribution in [0.1, 0.15) is 36.3 Å². The van der Waals surface area contributed by atoms with Gasteiger partial charge in [-0.05, 0) is 51.0 Å². The van der Waals surface area contributed by atoms with Crippen molar-refractivity contribution < 1.29 is 4.74 Å². The van der Waals surface area contributed by atoms with E-state index in [0.29, 0.717) is 5.54 Å². The van der Waals surface area contributed by atoms with Crippen molar-refractivity contribution in [2.45, 2.75) is 44.7 Å². The number of hydrogen-bond acceptors (Lipinski definition) is 5. The summed E-state index contributed by atoms with van der Waals surface area (Å²) in [4.78, 5) is 11.3. The topological polar surface area (TPSA) is 28.6 Å². The molecule has 0 radical (unpaired) electrons. The number of nitrogens with zero attached hydrogens (tertiary/aromatic N) is 3. The van der Waals surface area contributed by atoms with Crippen LogP contribution in [-0.2, 0) is 11.3 Å². The zero-order valence-electron chi connectivity index (χ0n) is 14.5. The molecule has 3 fully saturated rings. The number of likely N-dealkylation sites (tertiary alicyclic amines) is 2. The molecule has 1 unspecified atom stereocenters. The van der Waals surface area contributed by atoms with Gasteiger partial charge in [0.25, 0.3) is 0 Å². The van der Waals surface area contributed by atoms with E-state index in [2.05, 4.69) is 21.7 Å². The lowest BCUT2D eigenvalue weighted by Crippen LogP contribution is -2.72. The van der Waals surface area contributed by atoms with Crippen molar-refractivity contribution >= 4 is 11.3 Å². The third-order valence-electron chi connectivity index (χ3n) is 5.97. The highest BCUT2D eigenvalue weighted by Gasteiger charge is 2.51. The van der Waals surface area contributed by atoms with Gasteiger partial charge in [-0.25, -0.2) is 4.98 Å². The molecule has 4 nitrogen and oxygen atoms in total. The Labute approximate surface area is 143 Å². The summed E-state index contributed by atoms with van der Waals surface area (Å²) in [6.07, 6.45) is 5.55. The lowest BCUT2D eigenvalue weighted by Gasteiger charge is -2.60. The lowest BCUT2D eigenvalue weighted by molar-refractivity contribution is -0.104. The lowest BCUT2D eigenvalue weighted by atomic mass is 9.75. The summed E-state index contributed by atoms with van der Waals surface area (Å²) in [5, 5.41) is 0. The van der Waals surface area contributed by atoms with Crippen LogP contribution >= 0.6 is 11.3 Å². The molecule has 1 aromatic heterocycles. The van der Waals surface area contributed by atoms with Crippen LogP contribution in [0.5, 0.6) is 0 Å². The maximum Gasteiger partial charge on any atom is 0.0798 e. The molecule has 4 rings (SSSR count). The van der Waals surface area contributed by atoms with Crippen molar-refractivity contribution in [3.05, 3.63) is 16.1 Å². The average molecular weight is 336 g/mol. The van der Waals surface area contributed by atoms with Gasteiger partial charge < -0.3 is 4.74 Å². The molecule has 23 heavy (non-hydrogen) atoms. The minimum absolute atomic E-state index is 0.433. The number of aryl methyl sites for hydroxylation is 1. The molecule has 3 heterocycles. The molecule has 0 aromatic carbocycles. The molecule has 1 aliphatic carbocycles. The molecule has 2 saturated heterocycles. The highest BCUT2D eigenvalue weighted by molar-refractivity contribution is 7.09. The smallest absolute Gasteiger partial charge is 0.0798 e. The molecule has 5 heteroatoms. The Morgan fingerprint density at radius 1 is 1.30 bits per heavy atom. The molecule has 1 saturated carbocycles. The van der Waals surface area contributed by atoms with E-state index < -0.39 is 0 Å². The fraction of sp³-hybridized carbons (Fsp3) is 0.833. The summed E-state index contributed by atoms with van der Waals surface area (Å²) in [5.41, 5.74) is 3.63. The molecule has 0 amide bonds. The van der Waals surface area contributed by atoms with Gasteiger partial charge in [0.1, 0.15) is 0 Å². The highest BCUT2D eigenvalue weighted by Crippen LogP contribution is 2.42. The van der Waals surface area contributed by atoms with Gasteiger partial charge in [0, 0.05) is 50.3 Å². The van der Waals surface area contributed by atoms with Gasteiger partial charge in [0.05, 0.1) is 11.2 Å². The number of aromatic nitrogens is 1. The van der Waals surface area contributed by atoms with Gasteiger partial charge in [-0.1, -0.05) is 0 Å². The Bertz CT molecular complexity index is 536. The molecule has 128 valence electrons. The first kappa shape index (κ1) is 16.0. The van der Waals surface area contributed by atoms with E-state index in [1.165, 1.54) is 62.4 Å². The maximum atomic E-state index is 5.46. The van der Waals surface area contributed by atoms with E-state index in [1.54, 1.807) is 11.3 Å². The summed E-state index contributed by atoms with van der Waals surface area (Å²) < 4.78 is 5.46. The number of methoxy groups -OCH3 is 1. The van der Waals surface area contributed by atoms with Gasteiger partial charge >= 0.3 is 0 Å². The summed E-state index contributed by atoms with van der Waals surface area (Å²) in [7, 11) is 1.85. The summed E-state index contributed by atoms with van der Waals surface area (Å²) in [6.45, 7) is 9.24. The first-order valence-corrected chi connectivity index (χ1v) is 9.92. The maximum absolute atomic E-state index is 5.46. The van der Waals surface area contributed by atoms with E-state index in [9.17, 15) is 0 Å². The van der Waals surface area contributed by atoms with Crippen LogP contribution in [0.3, 0.4) is 0 Å². The number of hydrogen-bond donors (Lipinski definition) is 0. The van der Waals surface area contributed by atoms with Crippen LogP contribution in [0, 0.1) is 18.8 Å². The molecule has 0 N–H and O–H groups in total. The third-order valence-corrected chi connectivity index (χ3v) is 6.89. The van der Waals surface area contributed by atoms with Crippen LogP contribution in [-0.4, -0.2) is 60.2 Å². The first-order chi connectivity index (χ1) is 11.2. The Morgan fingerprint density at radius 2 is 2.13 bits per heavy atom. The van der Waals surface area contributed by atoms with Gasteiger partial charge in [0.2, 0.25) is 0 Å². The normalized spacial score (nSPS) is 28.2. The molecule has 2 aliphatic heterocycles. The molecule has 1 spiro atoms. The molecule has 3 aliphatic rings. The van der Waals surface area contributed by atoms with Crippen LogP contribution in [0.2, 0.25) is 0 Å². The van der Waals surface area contributed by atoms with Crippen LogP contribution in [0.25, 0.3) is 0 Å². The number of ether oxygens (including phenoxy) is 1. The van der Waals surface area contributed by atoms with Crippen LogP contribution in [0.15, 0.2) is 5.51 Å². The zero-order chi connectivity index (χ0) is 15.9. The molecule has 1 aromatic rings. The predicted molar refractivity (Wildman–Crippen MR) is 93.8 cm³/mol. The van der Waals surface area contributed by atoms with E-state index in [-0.39, 0.29) is 0 Å². The van der Waals surface area contributed by atoms with Crippen LogP contribution < -0.4 is 0 Å². The summed E-state index contributed by atoms with van der Waals surface area (Å²) in [6, 6.07) is 0. The summed E-state index contributed by atoms with van der Waals surface area (Å²) >= 11 is 1.81. The predicted octanol–water partition coefficient (Wildman–Crippen LogP) is 2.77. The van der Waals surface area contributed by atoms with E-state index in [4.69, 9.17) is 4.74 Å². The fourth-order valence-electron chi connectivity index (χ4n) is 4.53. The second-order valence-corrected chi connectivity index (χ2v) is 8.87. The van der Waals surface area contributed by atoms with Crippen LogP contribution in [0.4, 0.5) is 0 Å². The van der Waals surface area contributed by atoms with Crippen molar-refractivity contribution in [3.8, 4) is 0 Å². The molecular formula is C18H29N3OS. The Kier molecular flexibility index (Phi) is 4.47. The Morgan fingerprint density at radius 3 is 2.78 bits per heavy atom. The standard InChI is InChI=1S/C18H29N3OS/c1-14-17(23-13-19-14)9-20-11-18(12-20)7-16(10-22-2)5-6-21(18)8-15-3-4-15/h13,15-16H,3-12H2,1-2H3. The SMILES string of the molecule is COCC1CCN(CC2CC2)C2(C1)CN(Cc1scnc1C)C2. The third kappa shape index (κ3) is 3.34. The quantitative estimate of drug-likeness (QED) is 0.799. The molecular weight excluding hydrogens is 306 g/mol. The number of rotatable bonds is 6. The van der Waals surface area contributed by atoms with Gasteiger partial charge in [0.15, 0.2) is 0 Å². The van der Waals surface area contributed by atoms with Gasteiger partial charge in [-0.15, -0.1) is 11.3 Å². The van der Waals surface area contributed by atoms with Crippen molar-refractivity contribution in [3.63, 3.8) is 0 Å². The van der Waals surface area contributed by atoms with Crippen molar-refractivity contribution in [2.24, 2.45) is 11.8 Å². The number of piperidine rings is 1. The Balaban J connectivity index is 1.40. The second kappa shape index (κ2) is 6.43. The first-order valence-electron chi connectivity index (χ1n) is 9.04. The van der Waals surface area contributed by atoms with E-state index in [1.807, 2.05) is 12.6 Å². The minimum Gasteiger partial charge on any atom is -0.384 e. The van der Waals surface area contributed by atoms with E-state index in [0.717, 1.165) is 25.0 Å². The molecule has 0 bridgehead atoms. The Hall–Kier alpha value is -0.490. The van der Waals surface area contributed by atoms with E-state index >= 15 is 0 Å².